The van der Waals surface area contributed by atoms with Crippen molar-refractivity contribution in [3.63, 3.8) is 0 Å². The van der Waals surface area contributed by atoms with Gasteiger partial charge >= 0.3 is 0 Å². The predicted molar refractivity (Wildman–Crippen MR) is 61.9 cm³/mol. The molecule has 90 valence electrons. The molecule has 1 unspecified atom stereocenters. The number of hydrogen-bond donors (Lipinski definition) is 1. The highest BCUT2D eigenvalue weighted by molar-refractivity contribution is 5.53. The lowest BCUT2D eigenvalue weighted by atomic mass is 10.2. The topological polar surface area (TPSA) is 51.0 Å². The van der Waals surface area contributed by atoms with E-state index in [0.29, 0.717) is 18.1 Å². The highest BCUT2D eigenvalue weighted by atomic mass is 19.1. The van der Waals surface area contributed by atoms with Crippen molar-refractivity contribution < 1.29 is 8.91 Å². The minimum atomic E-state index is -0.277. The summed E-state index contributed by atoms with van der Waals surface area (Å²) in [6.45, 7) is 2.03. The van der Waals surface area contributed by atoms with Gasteiger partial charge in [0.15, 0.2) is 0 Å². The summed E-state index contributed by atoms with van der Waals surface area (Å²) in [5.74, 6) is 0.788. The molecule has 1 N–H and O–H groups in total. The third kappa shape index (κ3) is 2.88. The maximum Gasteiger partial charge on any atom is 0.228 e. The molecule has 0 saturated heterocycles. The van der Waals surface area contributed by atoms with Gasteiger partial charge in [-0.2, -0.15) is 4.98 Å². The molecule has 5 heteroatoms. The fourth-order valence-corrected chi connectivity index (χ4v) is 1.42. The van der Waals surface area contributed by atoms with Crippen molar-refractivity contribution in [1.82, 2.24) is 15.5 Å². The fraction of sp³-hybridized carbons (Fsp3) is 0.333. The second-order valence-electron chi connectivity index (χ2n) is 3.91. The molecule has 0 fully saturated rings. The SMILES string of the molecule is CNC(C)Cc1nc(-c2ccc(F)cc2)no1. The molecular formula is C12H14FN3O. The number of likely N-dealkylation sites (N-methyl/N-ethyl adjacent to an activating group) is 1. The normalized spacial score (nSPS) is 12.6. The lowest BCUT2D eigenvalue weighted by Gasteiger charge is -2.04. The van der Waals surface area contributed by atoms with Crippen LogP contribution in [0.5, 0.6) is 0 Å². The van der Waals surface area contributed by atoms with E-state index in [1.54, 1.807) is 12.1 Å². The van der Waals surface area contributed by atoms with Crippen molar-refractivity contribution in [3.8, 4) is 11.4 Å². The Bertz CT molecular complexity index is 481. The maximum absolute atomic E-state index is 12.8. The second kappa shape index (κ2) is 5.05. The van der Waals surface area contributed by atoms with Crippen molar-refractivity contribution in [3.05, 3.63) is 36.0 Å². The summed E-state index contributed by atoms with van der Waals surface area (Å²) in [5.41, 5.74) is 0.749. The Kier molecular flexibility index (Phi) is 3.49. The Morgan fingerprint density at radius 2 is 2.06 bits per heavy atom. The molecule has 0 amide bonds. The molecule has 17 heavy (non-hydrogen) atoms. The third-order valence-electron chi connectivity index (χ3n) is 2.54. The number of nitrogens with zero attached hydrogens (tertiary/aromatic N) is 2. The van der Waals surface area contributed by atoms with E-state index in [0.717, 1.165) is 5.56 Å². The van der Waals surface area contributed by atoms with Crippen molar-refractivity contribution in [2.45, 2.75) is 19.4 Å². The van der Waals surface area contributed by atoms with Gasteiger partial charge in [-0.25, -0.2) is 4.39 Å². The van der Waals surface area contributed by atoms with E-state index in [-0.39, 0.29) is 11.9 Å². The van der Waals surface area contributed by atoms with Gasteiger partial charge in [-0.15, -0.1) is 0 Å². The highest BCUT2D eigenvalue weighted by Crippen LogP contribution is 2.16. The van der Waals surface area contributed by atoms with Gasteiger partial charge in [0.25, 0.3) is 0 Å². The highest BCUT2D eigenvalue weighted by Gasteiger charge is 2.10. The molecule has 0 aliphatic carbocycles. The van der Waals surface area contributed by atoms with Crippen LogP contribution in [-0.2, 0) is 6.42 Å². The summed E-state index contributed by atoms with van der Waals surface area (Å²) in [6, 6.07) is 6.29. The van der Waals surface area contributed by atoms with Crippen molar-refractivity contribution in [2.75, 3.05) is 7.05 Å². The van der Waals surface area contributed by atoms with Crippen molar-refractivity contribution in [2.24, 2.45) is 0 Å². The van der Waals surface area contributed by atoms with E-state index >= 15 is 0 Å². The van der Waals surface area contributed by atoms with Crippen LogP contribution in [0.4, 0.5) is 4.39 Å². The zero-order valence-electron chi connectivity index (χ0n) is 9.77. The molecule has 0 aliphatic rings. The van der Waals surface area contributed by atoms with Crippen LogP contribution in [0.1, 0.15) is 12.8 Å². The molecule has 2 aromatic rings. The molecule has 0 bridgehead atoms. The summed E-state index contributed by atoms with van der Waals surface area (Å²) in [5, 5.41) is 6.96. The Labute approximate surface area is 98.8 Å². The first-order valence-corrected chi connectivity index (χ1v) is 5.45. The number of benzene rings is 1. The van der Waals surface area contributed by atoms with Gasteiger partial charge in [-0.3, -0.25) is 0 Å². The summed E-state index contributed by atoms with van der Waals surface area (Å²) in [6.07, 6.45) is 0.671. The summed E-state index contributed by atoms with van der Waals surface area (Å²) < 4.78 is 17.9. The molecule has 1 aromatic heterocycles. The molecule has 2 rings (SSSR count). The van der Waals surface area contributed by atoms with E-state index in [2.05, 4.69) is 15.5 Å². The van der Waals surface area contributed by atoms with E-state index in [1.165, 1.54) is 12.1 Å². The first kappa shape index (κ1) is 11.7. The van der Waals surface area contributed by atoms with Crippen LogP contribution < -0.4 is 5.32 Å². The Hall–Kier alpha value is -1.75. The van der Waals surface area contributed by atoms with Crippen LogP contribution in [-0.4, -0.2) is 23.2 Å². The van der Waals surface area contributed by atoms with Gasteiger partial charge < -0.3 is 9.84 Å². The quantitative estimate of drug-likeness (QED) is 0.880. The van der Waals surface area contributed by atoms with Gasteiger partial charge in [0.05, 0.1) is 0 Å². The molecule has 1 atom stereocenters. The minimum Gasteiger partial charge on any atom is -0.339 e. The molecule has 4 nitrogen and oxygen atoms in total. The summed E-state index contributed by atoms with van der Waals surface area (Å²) in [7, 11) is 1.88. The van der Waals surface area contributed by atoms with Crippen LogP contribution in [0, 0.1) is 5.82 Å². The monoisotopic (exact) mass is 235 g/mol. The van der Waals surface area contributed by atoms with Crippen molar-refractivity contribution >= 4 is 0 Å². The van der Waals surface area contributed by atoms with E-state index in [4.69, 9.17) is 4.52 Å². The zero-order chi connectivity index (χ0) is 12.3. The average Bonchev–Trinajstić information content (AvgIpc) is 2.78. The molecule has 0 saturated carbocycles. The van der Waals surface area contributed by atoms with Crippen LogP contribution in [0.25, 0.3) is 11.4 Å². The molecule has 0 spiro atoms. The predicted octanol–water partition coefficient (Wildman–Crippen LogP) is 2.03. The second-order valence-corrected chi connectivity index (χ2v) is 3.91. The van der Waals surface area contributed by atoms with Gasteiger partial charge in [0.2, 0.25) is 11.7 Å². The number of rotatable bonds is 4. The molecular weight excluding hydrogens is 221 g/mol. The van der Waals surface area contributed by atoms with Crippen molar-refractivity contribution in [1.29, 1.82) is 0 Å². The summed E-state index contributed by atoms with van der Waals surface area (Å²) in [4.78, 5) is 4.26. The van der Waals surface area contributed by atoms with Crippen LogP contribution in [0.3, 0.4) is 0 Å². The van der Waals surface area contributed by atoms with E-state index in [1.807, 2.05) is 14.0 Å². The standard InChI is InChI=1S/C12H14FN3O/c1-8(14-2)7-11-15-12(16-17-11)9-3-5-10(13)6-4-9/h3-6,8,14H,7H2,1-2H3. The Morgan fingerprint density at radius 1 is 1.35 bits per heavy atom. The van der Waals surface area contributed by atoms with Gasteiger partial charge in [0.1, 0.15) is 5.82 Å². The fourth-order valence-electron chi connectivity index (χ4n) is 1.42. The molecule has 0 aliphatic heterocycles. The molecule has 1 aromatic carbocycles. The number of halogens is 1. The van der Waals surface area contributed by atoms with Crippen LogP contribution in [0.2, 0.25) is 0 Å². The Morgan fingerprint density at radius 3 is 2.71 bits per heavy atom. The Balaban J connectivity index is 2.15. The first-order valence-electron chi connectivity index (χ1n) is 5.45. The lowest BCUT2D eigenvalue weighted by Crippen LogP contribution is -2.23. The largest absolute Gasteiger partial charge is 0.339 e. The summed E-state index contributed by atoms with van der Waals surface area (Å²) >= 11 is 0. The zero-order valence-corrected chi connectivity index (χ0v) is 9.77. The van der Waals surface area contributed by atoms with Gasteiger partial charge in [-0.1, -0.05) is 5.16 Å². The van der Waals surface area contributed by atoms with Crippen LogP contribution in [0.15, 0.2) is 28.8 Å². The average molecular weight is 235 g/mol. The maximum atomic E-state index is 12.8. The smallest absolute Gasteiger partial charge is 0.228 e. The van der Waals surface area contributed by atoms with Gasteiger partial charge in [0, 0.05) is 18.0 Å². The number of hydrogen-bond acceptors (Lipinski definition) is 4. The minimum absolute atomic E-state index is 0.275. The first-order chi connectivity index (χ1) is 8.19. The molecule has 0 radical (unpaired) electrons. The third-order valence-corrected chi connectivity index (χ3v) is 2.54. The lowest BCUT2D eigenvalue weighted by molar-refractivity contribution is 0.365. The van der Waals surface area contributed by atoms with Crippen LogP contribution >= 0.6 is 0 Å². The number of nitrogens with one attached hydrogen (secondary N) is 1. The number of aromatic nitrogens is 2. The van der Waals surface area contributed by atoms with E-state index < -0.39 is 0 Å². The van der Waals surface area contributed by atoms with Gasteiger partial charge in [-0.05, 0) is 38.2 Å². The van der Waals surface area contributed by atoms with E-state index in [9.17, 15) is 4.39 Å². The molecule has 1 heterocycles.